The number of rotatable bonds is 7. The molecule has 1 amide bonds. The minimum atomic E-state index is -3.28. The molecule has 0 aliphatic rings. The van der Waals surface area contributed by atoms with Crippen molar-refractivity contribution in [2.45, 2.75) is 12.6 Å². The molecule has 1 rings (SSSR count). The van der Waals surface area contributed by atoms with Gasteiger partial charge >= 0.3 is 0 Å². The first kappa shape index (κ1) is 19.7. The summed E-state index contributed by atoms with van der Waals surface area (Å²) in [4.78, 5) is 11.6. The smallest absolute Gasteiger partial charge is 0.239 e. The number of benzene rings is 1. The molecule has 0 aliphatic carbocycles. The van der Waals surface area contributed by atoms with E-state index in [1.807, 2.05) is 0 Å². The maximum absolute atomic E-state index is 11.6. The van der Waals surface area contributed by atoms with Crippen LogP contribution >= 0.6 is 12.4 Å². The molecule has 21 heavy (non-hydrogen) atoms. The molecule has 0 heterocycles. The third-order valence-corrected chi connectivity index (χ3v) is 3.01. The highest BCUT2D eigenvalue weighted by molar-refractivity contribution is 7.92. The van der Waals surface area contributed by atoms with E-state index in [4.69, 9.17) is 10.5 Å². The lowest BCUT2D eigenvalue weighted by molar-refractivity contribution is -0.123. The standard InChI is InChI=1S/C12H19N3O4S.ClH/c1-19-8-11(13)12(16)14-7-9-3-5-10(6-4-9)15-20(2,17)18;/h3-6,11,15H,7-8,13H2,1-2H3,(H,14,16);1H. The summed E-state index contributed by atoms with van der Waals surface area (Å²) in [7, 11) is -1.81. The molecule has 1 unspecified atom stereocenters. The number of amides is 1. The van der Waals surface area contributed by atoms with Gasteiger partial charge in [-0.15, -0.1) is 12.4 Å². The Morgan fingerprint density at radius 3 is 2.38 bits per heavy atom. The van der Waals surface area contributed by atoms with Crippen LogP contribution in [0.1, 0.15) is 5.56 Å². The number of nitrogens with two attached hydrogens (primary N) is 1. The largest absolute Gasteiger partial charge is 0.383 e. The lowest BCUT2D eigenvalue weighted by Gasteiger charge is -2.11. The van der Waals surface area contributed by atoms with Crippen LogP contribution in [0.2, 0.25) is 0 Å². The lowest BCUT2D eigenvalue weighted by atomic mass is 10.2. The van der Waals surface area contributed by atoms with E-state index in [0.29, 0.717) is 12.2 Å². The lowest BCUT2D eigenvalue weighted by Crippen LogP contribution is -2.43. The van der Waals surface area contributed by atoms with Crippen LogP contribution in [0.3, 0.4) is 0 Å². The molecule has 0 saturated carbocycles. The fourth-order valence-corrected chi connectivity index (χ4v) is 2.04. The summed E-state index contributed by atoms with van der Waals surface area (Å²) >= 11 is 0. The SMILES string of the molecule is COCC(N)C(=O)NCc1ccc(NS(C)(=O)=O)cc1.Cl. The molecule has 120 valence electrons. The van der Waals surface area contributed by atoms with Crippen LogP contribution in [0.5, 0.6) is 0 Å². The molecule has 1 aromatic carbocycles. The Kier molecular flexibility index (Phi) is 8.26. The van der Waals surface area contributed by atoms with Gasteiger partial charge in [0.1, 0.15) is 6.04 Å². The van der Waals surface area contributed by atoms with Crippen molar-refractivity contribution in [1.29, 1.82) is 0 Å². The number of halogens is 1. The molecule has 0 bridgehead atoms. The van der Waals surface area contributed by atoms with Crippen molar-refractivity contribution in [3.63, 3.8) is 0 Å². The molecule has 1 atom stereocenters. The Labute approximate surface area is 130 Å². The van der Waals surface area contributed by atoms with Gasteiger partial charge in [0.2, 0.25) is 15.9 Å². The zero-order valence-electron chi connectivity index (χ0n) is 11.8. The molecule has 7 nitrogen and oxygen atoms in total. The fourth-order valence-electron chi connectivity index (χ4n) is 1.48. The van der Waals surface area contributed by atoms with Gasteiger partial charge in [0.15, 0.2) is 0 Å². The van der Waals surface area contributed by atoms with Crippen LogP contribution in [0, 0.1) is 0 Å². The fraction of sp³-hybridized carbons (Fsp3) is 0.417. The Morgan fingerprint density at radius 2 is 1.90 bits per heavy atom. The van der Waals surface area contributed by atoms with Gasteiger partial charge in [0, 0.05) is 19.3 Å². The second-order valence-electron chi connectivity index (χ2n) is 4.35. The minimum Gasteiger partial charge on any atom is -0.383 e. The number of nitrogens with one attached hydrogen (secondary N) is 2. The zero-order valence-corrected chi connectivity index (χ0v) is 13.5. The van der Waals surface area contributed by atoms with Gasteiger partial charge in [-0.1, -0.05) is 12.1 Å². The van der Waals surface area contributed by atoms with Gasteiger partial charge in [0.05, 0.1) is 12.9 Å². The Hall–Kier alpha value is -1.35. The van der Waals surface area contributed by atoms with Crippen LogP contribution in [0.15, 0.2) is 24.3 Å². The topological polar surface area (TPSA) is 111 Å². The Morgan fingerprint density at radius 1 is 1.33 bits per heavy atom. The van der Waals surface area contributed by atoms with Gasteiger partial charge < -0.3 is 15.8 Å². The van der Waals surface area contributed by atoms with Crippen molar-refractivity contribution >= 4 is 34.0 Å². The summed E-state index contributed by atoms with van der Waals surface area (Å²) in [5.74, 6) is -0.301. The van der Waals surface area contributed by atoms with Gasteiger partial charge in [-0.2, -0.15) is 0 Å². The minimum absolute atomic E-state index is 0. The van der Waals surface area contributed by atoms with Crippen molar-refractivity contribution in [3.05, 3.63) is 29.8 Å². The van der Waals surface area contributed by atoms with E-state index in [9.17, 15) is 13.2 Å². The predicted molar refractivity (Wildman–Crippen MR) is 83.9 cm³/mol. The van der Waals surface area contributed by atoms with E-state index < -0.39 is 16.1 Å². The Balaban J connectivity index is 0.00000400. The maximum atomic E-state index is 11.6. The van der Waals surface area contributed by atoms with E-state index >= 15 is 0 Å². The molecule has 0 saturated heterocycles. The first-order valence-electron chi connectivity index (χ1n) is 5.91. The van der Waals surface area contributed by atoms with Gasteiger partial charge in [0.25, 0.3) is 0 Å². The molecule has 4 N–H and O–H groups in total. The van der Waals surface area contributed by atoms with E-state index in [1.54, 1.807) is 24.3 Å². The number of hydrogen-bond acceptors (Lipinski definition) is 5. The Bertz CT molecular complexity index is 548. The second kappa shape index (κ2) is 8.83. The van der Waals surface area contributed by atoms with Gasteiger partial charge in [-0.25, -0.2) is 8.42 Å². The summed E-state index contributed by atoms with van der Waals surface area (Å²) in [6, 6.07) is 5.98. The summed E-state index contributed by atoms with van der Waals surface area (Å²) in [5, 5.41) is 2.67. The molecule has 0 aliphatic heterocycles. The molecular weight excluding hydrogens is 318 g/mol. The molecule has 0 aromatic heterocycles. The van der Waals surface area contributed by atoms with Crippen molar-refractivity contribution < 1.29 is 17.9 Å². The summed E-state index contributed by atoms with van der Waals surface area (Å²) < 4.78 is 29.2. The van der Waals surface area contributed by atoms with E-state index in [1.165, 1.54) is 7.11 Å². The van der Waals surface area contributed by atoms with E-state index in [0.717, 1.165) is 11.8 Å². The number of anilines is 1. The quantitative estimate of drug-likeness (QED) is 0.652. The summed E-state index contributed by atoms with van der Waals surface area (Å²) in [5.41, 5.74) is 6.88. The molecule has 0 radical (unpaired) electrons. The summed E-state index contributed by atoms with van der Waals surface area (Å²) in [6.45, 7) is 0.471. The van der Waals surface area contributed by atoms with Crippen molar-refractivity contribution in [3.8, 4) is 0 Å². The molecule has 0 fully saturated rings. The average molecular weight is 338 g/mol. The zero-order chi connectivity index (χ0) is 15.2. The van der Waals surface area contributed by atoms with E-state index in [-0.39, 0.29) is 24.9 Å². The van der Waals surface area contributed by atoms with Gasteiger partial charge in [-0.3, -0.25) is 9.52 Å². The number of hydrogen-bond donors (Lipinski definition) is 3. The van der Waals surface area contributed by atoms with Crippen molar-refractivity contribution in [1.82, 2.24) is 5.32 Å². The predicted octanol–water partition coefficient (Wildman–Crippen LogP) is 0.0698. The van der Waals surface area contributed by atoms with E-state index in [2.05, 4.69) is 10.0 Å². The first-order chi connectivity index (χ1) is 9.31. The number of carbonyl (C=O) groups excluding carboxylic acids is 1. The van der Waals surface area contributed by atoms with Crippen molar-refractivity contribution in [2.24, 2.45) is 5.73 Å². The maximum Gasteiger partial charge on any atom is 0.239 e. The number of sulfonamides is 1. The number of methoxy groups -OCH3 is 1. The third-order valence-electron chi connectivity index (χ3n) is 2.41. The molecule has 9 heteroatoms. The third kappa shape index (κ3) is 7.86. The summed E-state index contributed by atoms with van der Waals surface area (Å²) in [6.07, 6.45) is 1.08. The van der Waals surface area contributed by atoms with Crippen LogP contribution in [0.4, 0.5) is 5.69 Å². The highest BCUT2D eigenvalue weighted by Gasteiger charge is 2.12. The number of ether oxygens (including phenoxy) is 1. The first-order valence-corrected chi connectivity index (χ1v) is 7.80. The normalized spacial score (nSPS) is 12.1. The molecule has 1 aromatic rings. The molecular formula is C12H20ClN3O4S. The van der Waals surface area contributed by atoms with Crippen LogP contribution in [-0.2, 0) is 26.1 Å². The van der Waals surface area contributed by atoms with Crippen LogP contribution < -0.4 is 15.8 Å². The molecule has 0 spiro atoms. The highest BCUT2D eigenvalue weighted by Crippen LogP contribution is 2.10. The second-order valence-corrected chi connectivity index (χ2v) is 6.10. The van der Waals surface area contributed by atoms with Gasteiger partial charge in [-0.05, 0) is 17.7 Å². The number of carbonyl (C=O) groups is 1. The monoisotopic (exact) mass is 337 g/mol. The van der Waals surface area contributed by atoms with Crippen LogP contribution in [-0.4, -0.2) is 40.3 Å². The van der Waals surface area contributed by atoms with Crippen molar-refractivity contribution in [2.75, 3.05) is 24.7 Å². The highest BCUT2D eigenvalue weighted by atomic mass is 35.5. The van der Waals surface area contributed by atoms with Crippen LogP contribution in [0.25, 0.3) is 0 Å². The average Bonchev–Trinajstić information content (AvgIpc) is 2.36.